The summed E-state index contributed by atoms with van der Waals surface area (Å²) in [6, 6.07) is 5.53. The molecule has 2 N–H and O–H groups in total. The van der Waals surface area contributed by atoms with Gasteiger partial charge in [-0.1, -0.05) is 0 Å². The van der Waals surface area contributed by atoms with Crippen molar-refractivity contribution in [3.63, 3.8) is 0 Å². The number of nitrogens with one attached hydrogen (secondary N) is 2. The average Bonchev–Trinajstić information content (AvgIpc) is 3.45. The standard InChI is InChI=1S/C22H24N6O3S/c1-12-9-20-24-13(2)17(14(3)28(20)27-12)6-8-21(30)26-22-25-18(11-32-22)19-7-5-16(31-19)10-23-15(4)29/h5,7,9,11H,6,8,10H2,1-4H3,(H,23,29)(H,25,26,30). The van der Waals surface area contributed by atoms with Crippen LogP contribution in [-0.2, 0) is 22.6 Å². The highest BCUT2D eigenvalue weighted by molar-refractivity contribution is 7.14. The van der Waals surface area contributed by atoms with E-state index in [1.807, 2.05) is 36.7 Å². The molecule has 4 aromatic rings. The maximum absolute atomic E-state index is 12.5. The summed E-state index contributed by atoms with van der Waals surface area (Å²) in [5.41, 5.74) is 5.30. The third kappa shape index (κ3) is 4.70. The lowest BCUT2D eigenvalue weighted by Gasteiger charge is -2.10. The van der Waals surface area contributed by atoms with Crippen LogP contribution in [0.15, 0.2) is 28.0 Å². The SMILES string of the molecule is CC(=O)NCc1ccc(-c2csc(NC(=O)CCc3c(C)nc4cc(C)nn4c3C)n2)o1. The molecule has 0 saturated carbocycles. The summed E-state index contributed by atoms with van der Waals surface area (Å²) < 4.78 is 7.53. The molecule has 0 aromatic carbocycles. The molecule has 10 heteroatoms. The molecule has 0 aliphatic carbocycles. The summed E-state index contributed by atoms with van der Waals surface area (Å²) in [5, 5.41) is 12.4. The number of carbonyl (C=O) groups is 2. The largest absolute Gasteiger partial charge is 0.458 e. The Balaban J connectivity index is 1.38. The molecule has 0 atom stereocenters. The highest BCUT2D eigenvalue weighted by Gasteiger charge is 2.15. The third-order valence-corrected chi connectivity index (χ3v) is 5.82. The molecule has 0 bridgehead atoms. The number of fused-ring (bicyclic) bond motifs is 1. The van der Waals surface area contributed by atoms with Gasteiger partial charge in [0.1, 0.15) is 11.5 Å². The first-order valence-corrected chi connectivity index (χ1v) is 11.1. The second-order valence-electron chi connectivity index (χ2n) is 7.58. The van der Waals surface area contributed by atoms with Gasteiger partial charge in [0.2, 0.25) is 11.8 Å². The fourth-order valence-electron chi connectivity index (χ4n) is 3.49. The van der Waals surface area contributed by atoms with Gasteiger partial charge in [0.25, 0.3) is 0 Å². The number of amides is 2. The topological polar surface area (TPSA) is 114 Å². The van der Waals surface area contributed by atoms with Gasteiger partial charge < -0.3 is 15.1 Å². The summed E-state index contributed by atoms with van der Waals surface area (Å²) >= 11 is 1.33. The Morgan fingerprint density at radius 2 is 2.00 bits per heavy atom. The first kappa shape index (κ1) is 21.7. The van der Waals surface area contributed by atoms with Crippen LogP contribution in [0.2, 0.25) is 0 Å². The van der Waals surface area contributed by atoms with Gasteiger partial charge in [-0.3, -0.25) is 9.59 Å². The van der Waals surface area contributed by atoms with Crippen molar-refractivity contribution in [1.82, 2.24) is 24.9 Å². The number of hydrogen-bond acceptors (Lipinski definition) is 7. The average molecular weight is 453 g/mol. The van der Waals surface area contributed by atoms with Crippen molar-refractivity contribution in [3.05, 3.63) is 52.0 Å². The van der Waals surface area contributed by atoms with Crippen molar-refractivity contribution in [2.24, 2.45) is 0 Å². The Morgan fingerprint density at radius 3 is 2.78 bits per heavy atom. The van der Waals surface area contributed by atoms with Gasteiger partial charge in [-0.25, -0.2) is 14.5 Å². The molecule has 0 aliphatic heterocycles. The lowest BCUT2D eigenvalue weighted by atomic mass is 10.1. The summed E-state index contributed by atoms with van der Waals surface area (Å²) in [6.07, 6.45) is 0.875. The lowest BCUT2D eigenvalue weighted by molar-refractivity contribution is -0.119. The summed E-state index contributed by atoms with van der Waals surface area (Å²) in [5.74, 6) is 0.981. The maximum atomic E-state index is 12.5. The molecular weight excluding hydrogens is 428 g/mol. The highest BCUT2D eigenvalue weighted by atomic mass is 32.1. The number of carbonyl (C=O) groups excluding carboxylic acids is 2. The first-order valence-electron chi connectivity index (χ1n) is 10.2. The second-order valence-corrected chi connectivity index (χ2v) is 8.44. The second kappa shape index (κ2) is 8.91. The Morgan fingerprint density at radius 1 is 1.19 bits per heavy atom. The fraction of sp³-hybridized carbons (Fsp3) is 0.318. The normalized spacial score (nSPS) is 11.1. The quantitative estimate of drug-likeness (QED) is 0.443. The van der Waals surface area contributed by atoms with Crippen molar-refractivity contribution in [2.75, 3.05) is 5.32 Å². The van der Waals surface area contributed by atoms with E-state index in [1.165, 1.54) is 18.3 Å². The Kier molecular flexibility index (Phi) is 6.04. The van der Waals surface area contributed by atoms with Crippen molar-refractivity contribution >= 4 is 33.9 Å². The Labute approximate surface area is 188 Å². The van der Waals surface area contributed by atoms with Crippen LogP contribution in [0.4, 0.5) is 5.13 Å². The van der Waals surface area contributed by atoms with Gasteiger partial charge in [-0.2, -0.15) is 5.10 Å². The van der Waals surface area contributed by atoms with Crippen molar-refractivity contribution in [1.29, 1.82) is 0 Å². The van der Waals surface area contributed by atoms with Crippen LogP contribution in [0.5, 0.6) is 0 Å². The number of nitrogens with zero attached hydrogens (tertiary/aromatic N) is 4. The fourth-order valence-corrected chi connectivity index (χ4v) is 4.21. The summed E-state index contributed by atoms with van der Waals surface area (Å²) in [7, 11) is 0. The smallest absolute Gasteiger partial charge is 0.226 e. The van der Waals surface area contributed by atoms with Gasteiger partial charge in [-0.05, 0) is 44.9 Å². The number of aromatic nitrogens is 4. The molecule has 0 unspecified atom stereocenters. The number of hydrogen-bond donors (Lipinski definition) is 2. The number of aryl methyl sites for hydroxylation is 3. The van der Waals surface area contributed by atoms with E-state index < -0.39 is 0 Å². The van der Waals surface area contributed by atoms with E-state index >= 15 is 0 Å². The zero-order valence-electron chi connectivity index (χ0n) is 18.4. The molecule has 32 heavy (non-hydrogen) atoms. The van der Waals surface area contributed by atoms with Gasteiger partial charge in [-0.15, -0.1) is 11.3 Å². The summed E-state index contributed by atoms with van der Waals surface area (Å²) in [4.78, 5) is 32.6. The molecule has 0 radical (unpaired) electrons. The van der Waals surface area contributed by atoms with Crippen molar-refractivity contribution in [2.45, 2.75) is 47.1 Å². The third-order valence-electron chi connectivity index (χ3n) is 5.06. The highest BCUT2D eigenvalue weighted by Crippen LogP contribution is 2.27. The van der Waals surface area contributed by atoms with Crippen LogP contribution in [0.3, 0.4) is 0 Å². The number of thiazole rings is 1. The van der Waals surface area contributed by atoms with E-state index in [-0.39, 0.29) is 11.8 Å². The van der Waals surface area contributed by atoms with Crippen LogP contribution < -0.4 is 10.6 Å². The number of furan rings is 1. The lowest BCUT2D eigenvalue weighted by Crippen LogP contribution is -2.18. The molecular formula is C22H24N6O3S. The van der Waals surface area contributed by atoms with Crippen LogP contribution in [0, 0.1) is 20.8 Å². The molecule has 4 rings (SSSR count). The summed E-state index contributed by atoms with van der Waals surface area (Å²) in [6.45, 7) is 7.67. The van der Waals surface area contributed by atoms with Crippen LogP contribution in [0.25, 0.3) is 17.1 Å². The maximum Gasteiger partial charge on any atom is 0.226 e. The van der Waals surface area contributed by atoms with Crippen LogP contribution in [0.1, 0.15) is 41.8 Å². The zero-order chi connectivity index (χ0) is 22.8. The molecule has 0 fully saturated rings. The number of anilines is 1. The molecule has 4 aromatic heterocycles. The first-order chi connectivity index (χ1) is 15.3. The zero-order valence-corrected chi connectivity index (χ0v) is 19.2. The van der Waals surface area contributed by atoms with Gasteiger partial charge in [0, 0.05) is 36.2 Å². The predicted octanol–water partition coefficient (Wildman–Crippen LogP) is 3.58. The van der Waals surface area contributed by atoms with Crippen molar-refractivity contribution in [3.8, 4) is 11.5 Å². The molecule has 166 valence electrons. The van der Waals surface area contributed by atoms with Gasteiger partial charge in [0.15, 0.2) is 16.5 Å². The van der Waals surface area contributed by atoms with E-state index in [4.69, 9.17) is 4.42 Å². The minimum atomic E-state index is -0.123. The van der Waals surface area contributed by atoms with E-state index in [2.05, 4.69) is 25.7 Å². The number of rotatable bonds is 7. The van der Waals surface area contributed by atoms with E-state index in [1.54, 1.807) is 12.1 Å². The molecule has 0 aliphatic rings. The Hall–Kier alpha value is -3.53. The molecule has 2 amide bonds. The predicted molar refractivity (Wildman–Crippen MR) is 121 cm³/mol. The molecule has 9 nitrogen and oxygen atoms in total. The molecule has 0 saturated heterocycles. The molecule has 4 heterocycles. The minimum absolute atomic E-state index is 0.118. The van der Waals surface area contributed by atoms with Gasteiger partial charge >= 0.3 is 0 Å². The monoisotopic (exact) mass is 452 g/mol. The van der Waals surface area contributed by atoms with E-state index in [0.29, 0.717) is 41.7 Å². The Bertz CT molecular complexity index is 1300. The van der Waals surface area contributed by atoms with Crippen molar-refractivity contribution < 1.29 is 14.0 Å². The van der Waals surface area contributed by atoms with E-state index in [9.17, 15) is 9.59 Å². The van der Waals surface area contributed by atoms with E-state index in [0.717, 1.165) is 28.3 Å². The van der Waals surface area contributed by atoms with Crippen LogP contribution in [-0.4, -0.2) is 31.4 Å². The van der Waals surface area contributed by atoms with Gasteiger partial charge in [0.05, 0.1) is 12.2 Å². The molecule has 0 spiro atoms. The minimum Gasteiger partial charge on any atom is -0.458 e. The van der Waals surface area contributed by atoms with Crippen LogP contribution >= 0.6 is 11.3 Å².